The van der Waals surface area contributed by atoms with Crippen LogP contribution in [0.3, 0.4) is 0 Å². The van der Waals surface area contributed by atoms with Crippen molar-refractivity contribution in [2.75, 3.05) is 0 Å². The van der Waals surface area contributed by atoms with E-state index < -0.39 is 0 Å². The monoisotopic (exact) mass is 671 g/mol. The minimum atomic E-state index is 0.494. The summed E-state index contributed by atoms with van der Waals surface area (Å²) in [6.45, 7) is 0. The summed E-state index contributed by atoms with van der Waals surface area (Å²) in [6.07, 6.45) is 5.09. The Kier molecular flexibility index (Phi) is 6.92. The molecule has 10 aromatic rings. The molecule has 244 valence electrons. The van der Waals surface area contributed by atoms with E-state index >= 15 is 0 Å². The third-order valence-electron chi connectivity index (χ3n) is 9.01. The fourth-order valence-corrected chi connectivity index (χ4v) is 6.38. The standard InChI is InChI=1S/C43H25N7O2/c1-2-8-29(9-3-1)42-46-35-19-17-30(21-37(35)51-42)40-48-39(28-15-13-26(14-16-28)32-23-44-25-45-24-32)49-41(50-40)31-18-20-36-38(22-31)52-43(47-36)34-12-6-10-27-7-4-5-11-33(27)34/h1-25H. The van der Waals surface area contributed by atoms with Crippen molar-refractivity contribution in [2.45, 2.75) is 0 Å². The maximum Gasteiger partial charge on any atom is 0.227 e. The van der Waals surface area contributed by atoms with Crippen LogP contribution >= 0.6 is 0 Å². The molecule has 0 amide bonds. The Labute approximate surface area is 296 Å². The summed E-state index contributed by atoms with van der Waals surface area (Å²) in [5.74, 6) is 2.62. The van der Waals surface area contributed by atoms with Crippen molar-refractivity contribution in [3.8, 4) is 68.2 Å². The maximum absolute atomic E-state index is 6.38. The van der Waals surface area contributed by atoms with E-state index in [1.165, 1.54) is 6.33 Å². The van der Waals surface area contributed by atoms with Crippen LogP contribution < -0.4 is 0 Å². The molecule has 0 unspecified atom stereocenters. The molecule has 9 nitrogen and oxygen atoms in total. The molecule has 0 bridgehead atoms. The van der Waals surface area contributed by atoms with Crippen molar-refractivity contribution in [3.63, 3.8) is 0 Å². The first-order valence-corrected chi connectivity index (χ1v) is 16.7. The number of oxazole rings is 2. The first-order valence-electron chi connectivity index (χ1n) is 16.7. The Morgan fingerprint density at radius 3 is 1.65 bits per heavy atom. The molecule has 0 spiro atoms. The molecule has 4 aromatic heterocycles. The lowest BCUT2D eigenvalue weighted by Crippen LogP contribution is -2.00. The maximum atomic E-state index is 6.38. The molecule has 0 atom stereocenters. The first kappa shape index (κ1) is 29.5. The van der Waals surface area contributed by atoms with Gasteiger partial charge in [0.05, 0.1) is 0 Å². The third kappa shape index (κ3) is 5.33. The number of hydrogen-bond acceptors (Lipinski definition) is 9. The van der Waals surface area contributed by atoms with Crippen LogP contribution in [0.2, 0.25) is 0 Å². The highest BCUT2D eigenvalue weighted by molar-refractivity contribution is 5.96. The molecule has 0 radical (unpaired) electrons. The van der Waals surface area contributed by atoms with Gasteiger partial charge in [0.2, 0.25) is 11.8 Å². The van der Waals surface area contributed by atoms with Crippen molar-refractivity contribution in [1.82, 2.24) is 34.9 Å². The van der Waals surface area contributed by atoms with Crippen LogP contribution in [-0.4, -0.2) is 34.9 Å². The van der Waals surface area contributed by atoms with E-state index in [9.17, 15) is 0 Å². The summed E-state index contributed by atoms with van der Waals surface area (Å²) in [5, 5.41) is 2.20. The summed E-state index contributed by atoms with van der Waals surface area (Å²) in [5.41, 5.74) is 8.87. The van der Waals surface area contributed by atoms with Crippen molar-refractivity contribution in [2.24, 2.45) is 0 Å². The van der Waals surface area contributed by atoms with E-state index in [4.69, 9.17) is 33.8 Å². The Morgan fingerprint density at radius 1 is 0.385 bits per heavy atom. The summed E-state index contributed by atoms with van der Waals surface area (Å²) in [7, 11) is 0. The minimum absolute atomic E-state index is 0.494. The van der Waals surface area contributed by atoms with Crippen molar-refractivity contribution >= 4 is 33.0 Å². The SMILES string of the molecule is c1ccc(-c2nc3ccc(-c4nc(-c5ccc(-c6cncnc6)cc5)nc(-c5ccc6nc(-c7cccc8ccccc78)oc6c5)n4)cc3o2)cc1. The Bertz CT molecular complexity index is 2900. The summed E-state index contributed by atoms with van der Waals surface area (Å²) >= 11 is 0. The molecule has 0 saturated carbocycles. The van der Waals surface area contributed by atoms with E-state index in [1.54, 1.807) is 12.4 Å². The van der Waals surface area contributed by atoms with Gasteiger partial charge in [-0.1, -0.05) is 78.9 Å². The van der Waals surface area contributed by atoms with Gasteiger partial charge in [0.25, 0.3) is 0 Å². The fraction of sp³-hybridized carbons (Fsp3) is 0. The molecule has 0 aliphatic heterocycles. The number of fused-ring (bicyclic) bond motifs is 3. The second-order valence-electron chi connectivity index (χ2n) is 12.3. The van der Waals surface area contributed by atoms with Crippen LogP contribution in [0.25, 0.3) is 101 Å². The molecule has 10 rings (SSSR count). The molecule has 52 heavy (non-hydrogen) atoms. The van der Waals surface area contributed by atoms with Gasteiger partial charge in [0.15, 0.2) is 28.6 Å². The fourth-order valence-electron chi connectivity index (χ4n) is 6.38. The lowest BCUT2D eigenvalue weighted by atomic mass is 10.0. The van der Waals surface area contributed by atoms with Crippen LogP contribution in [0.1, 0.15) is 0 Å². The van der Waals surface area contributed by atoms with Crippen LogP contribution in [0.5, 0.6) is 0 Å². The van der Waals surface area contributed by atoms with E-state index in [0.29, 0.717) is 40.4 Å². The summed E-state index contributed by atoms with van der Waals surface area (Å²) < 4.78 is 12.6. The Hall–Kier alpha value is -7.39. The molecular weight excluding hydrogens is 647 g/mol. The Morgan fingerprint density at radius 2 is 0.942 bits per heavy atom. The van der Waals surface area contributed by atoms with E-state index in [2.05, 4.69) is 28.2 Å². The molecule has 0 fully saturated rings. The van der Waals surface area contributed by atoms with Gasteiger partial charge in [-0.2, -0.15) is 0 Å². The molecule has 0 saturated heterocycles. The number of aromatic nitrogens is 7. The minimum Gasteiger partial charge on any atom is -0.436 e. The molecular formula is C43H25N7O2. The quantitative estimate of drug-likeness (QED) is 0.170. The molecule has 4 heterocycles. The smallest absolute Gasteiger partial charge is 0.227 e. The van der Waals surface area contributed by atoms with Gasteiger partial charge in [-0.15, -0.1) is 0 Å². The second kappa shape index (κ2) is 12.2. The van der Waals surface area contributed by atoms with Crippen LogP contribution in [0.15, 0.2) is 161 Å². The Balaban J connectivity index is 1.09. The van der Waals surface area contributed by atoms with Crippen molar-refractivity contribution in [1.29, 1.82) is 0 Å². The van der Waals surface area contributed by atoms with Crippen LogP contribution in [0, 0.1) is 0 Å². The van der Waals surface area contributed by atoms with Gasteiger partial charge in [0.1, 0.15) is 17.4 Å². The van der Waals surface area contributed by atoms with Gasteiger partial charge in [-0.05, 0) is 70.9 Å². The number of hydrogen-bond donors (Lipinski definition) is 0. The largest absolute Gasteiger partial charge is 0.436 e. The lowest BCUT2D eigenvalue weighted by Gasteiger charge is -2.09. The molecule has 0 aliphatic rings. The zero-order chi connectivity index (χ0) is 34.4. The van der Waals surface area contributed by atoms with Gasteiger partial charge < -0.3 is 8.83 Å². The van der Waals surface area contributed by atoms with E-state index in [1.807, 2.05) is 115 Å². The summed E-state index contributed by atoms with van der Waals surface area (Å²) in [6, 6.07) is 43.8. The number of rotatable bonds is 6. The van der Waals surface area contributed by atoms with E-state index in [-0.39, 0.29) is 0 Å². The van der Waals surface area contributed by atoms with Crippen molar-refractivity contribution in [3.05, 3.63) is 152 Å². The van der Waals surface area contributed by atoms with Gasteiger partial charge in [-0.25, -0.2) is 34.9 Å². The first-order chi connectivity index (χ1) is 25.7. The van der Waals surface area contributed by atoms with Gasteiger partial charge >= 0.3 is 0 Å². The van der Waals surface area contributed by atoms with Gasteiger partial charge in [-0.3, -0.25) is 0 Å². The van der Waals surface area contributed by atoms with Gasteiger partial charge in [0, 0.05) is 45.8 Å². The predicted octanol–water partition coefficient (Wildman–Crippen LogP) is 10.1. The highest BCUT2D eigenvalue weighted by atomic mass is 16.4. The molecule has 9 heteroatoms. The third-order valence-corrected chi connectivity index (χ3v) is 9.01. The number of nitrogens with zero attached hydrogens (tertiary/aromatic N) is 7. The van der Waals surface area contributed by atoms with Crippen LogP contribution in [0.4, 0.5) is 0 Å². The topological polar surface area (TPSA) is 117 Å². The van der Waals surface area contributed by atoms with Crippen molar-refractivity contribution < 1.29 is 8.83 Å². The zero-order valence-corrected chi connectivity index (χ0v) is 27.4. The summed E-state index contributed by atoms with van der Waals surface area (Å²) in [4.78, 5) is 32.8. The lowest BCUT2D eigenvalue weighted by molar-refractivity contribution is 0.620. The normalized spacial score (nSPS) is 11.5. The second-order valence-corrected chi connectivity index (χ2v) is 12.3. The average Bonchev–Trinajstić information content (AvgIpc) is 3.85. The molecule has 0 aliphatic carbocycles. The van der Waals surface area contributed by atoms with E-state index in [0.717, 1.165) is 60.8 Å². The number of benzene rings is 6. The highest BCUT2D eigenvalue weighted by Gasteiger charge is 2.17. The molecule has 6 aromatic carbocycles. The molecule has 0 N–H and O–H groups in total. The van der Waals surface area contributed by atoms with Crippen LogP contribution in [-0.2, 0) is 0 Å². The average molecular weight is 672 g/mol. The zero-order valence-electron chi connectivity index (χ0n) is 27.4. The predicted molar refractivity (Wildman–Crippen MR) is 201 cm³/mol. The highest BCUT2D eigenvalue weighted by Crippen LogP contribution is 2.34.